The molecule has 1 fully saturated rings. The van der Waals surface area contributed by atoms with Crippen LogP contribution in [0.5, 0.6) is 0 Å². The zero-order chi connectivity index (χ0) is 13.6. The Kier molecular flexibility index (Phi) is 2.98. The average Bonchev–Trinajstić information content (AvgIpc) is 2.65. The molecule has 1 saturated heterocycles. The molecule has 0 aromatic carbocycles. The average molecular weight is 276 g/mol. The van der Waals surface area contributed by atoms with Gasteiger partial charge in [-0.1, -0.05) is 0 Å². The van der Waals surface area contributed by atoms with Crippen LogP contribution in [0.15, 0.2) is 6.33 Å². The molecule has 19 heavy (non-hydrogen) atoms. The number of hydrogen-bond donors (Lipinski definition) is 1. The summed E-state index contributed by atoms with van der Waals surface area (Å²) in [5, 5.41) is 4.70. The zero-order valence-electron chi connectivity index (χ0n) is 11.9. The molecule has 102 valence electrons. The predicted octanol–water partition coefficient (Wildman–Crippen LogP) is 2.50. The number of piperazine rings is 1. The van der Waals surface area contributed by atoms with Crippen LogP contribution in [0.4, 0.5) is 5.82 Å². The molecule has 1 N–H and O–H groups in total. The van der Waals surface area contributed by atoms with Gasteiger partial charge < -0.3 is 10.2 Å². The first kappa shape index (κ1) is 12.8. The number of nitrogens with one attached hydrogen (secondary N) is 1. The molecule has 0 saturated carbocycles. The van der Waals surface area contributed by atoms with Crippen LogP contribution in [0, 0.1) is 13.8 Å². The molecule has 0 spiro atoms. The number of aromatic nitrogens is 2. The summed E-state index contributed by atoms with van der Waals surface area (Å²) in [5.74, 6) is 1.10. The lowest BCUT2D eigenvalue weighted by atomic mass is 9.99. The fraction of sp³-hybridized carbons (Fsp3) is 0.571. The van der Waals surface area contributed by atoms with Crippen molar-refractivity contribution in [2.45, 2.75) is 33.2 Å². The lowest BCUT2D eigenvalue weighted by Crippen LogP contribution is -2.58. The molecule has 0 amide bonds. The van der Waals surface area contributed by atoms with Crippen LogP contribution in [-0.4, -0.2) is 35.1 Å². The van der Waals surface area contributed by atoms with Gasteiger partial charge in [0.05, 0.1) is 5.39 Å². The van der Waals surface area contributed by atoms with Gasteiger partial charge in [-0.15, -0.1) is 11.3 Å². The topological polar surface area (TPSA) is 41.1 Å². The third-order valence-electron chi connectivity index (χ3n) is 4.00. The van der Waals surface area contributed by atoms with Gasteiger partial charge in [0.25, 0.3) is 0 Å². The lowest BCUT2D eigenvalue weighted by molar-refractivity contribution is 0.378. The minimum atomic E-state index is 0.0851. The van der Waals surface area contributed by atoms with Crippen molar-refractivity contribution in [3.05, 3.63) is 16.8 Å². The van der Waals surface area contributed by atoms with Crippen molar-refractivity contribution in [3.8, 4) is 0 Å². The second-order valence-corrected chi connectivity index (χ2v) is 7.00. The third-order valence-corrected chi connectivity index (χ3v) is 5.12. The van der Waals surface area contributed by atoms with Crippen molar-refractivity contribution in [2.24, 2.45) is 0 Å². The highest BCUT2D eigenvalue weighted by Gasteiger charge is 2.32. The molecule has 3 heterocycles. The van der Waals surface area contributed by atoms with Crippen LogP contribution < -0.4 is 10.2 Å². The molecular formula is C14H20N4S. The second-order valence-electron chi connectivity index (χ2n) is 5.80. The van der Waals surface area contributed by atoms with E-state index in [2.05, 4.69) is 47.9 Å². The molecule has 3 rings (SSSR count). The first-order valence-corrected chi connectivity index (χ1v) is 7.51. The Bertz CT molecular complexity index is 617. The smallest absolute Gasteiger partial charge is 0.141 e. The molecule has 1 aliphatic heterocycles. The number of thiophene rings is 1. The number of anilines is 1. The minimum Gasteiger partial charge on any atom is -0.348 e. The number of rotatable bonds is 1. The highest BCUT2D eigenvalue weighted by Crippen LogP contribution is 2.36. The molecule has 2 aromatic rings. The molecule has 4 nitrogen and oxygen atoms in total. The lowest BCUT2D eigenvalue weighted by Gasteiger charge is -2.43. The van der Waals surface area contributed by atoms with Crippen molar-refractivity contribution >= 4 is 27.4 Å². The minimum absolute atomic E-state index is 0.0851. The van der Waals surface area contributed by atoms with Crippen molar-refractivity contribution < 1.29 is 0 Å². The van der Waals surface area contributed by atoms with E-state index in [-0.39, 0.29) is 5.54 Å². The summed E-state index contributed by atoms with van der Waals surface area (Å²) < 4.78 is 0. The van der Waals surface area contributed by atoms with Gasteiger partial charge in [-0.2, -0.15) is 0 Å². The first-order valence-electron chi connectivity index (χ1n) is 6.70. The summed E-state index contributed by atoms with van der Waals surface area (Å²) in [6.45, 7) is 11.9. The van der Waals surface area contributed by atoms with E-state index in [9.17, 15) is 0 Å². The summed E-state index contributed by atoms with van der Waals surface area (Å²) in [7, 11) is 0. The third kappa shape index (κ3) is 2.01. The van der Waals surface area contributed by atoms with Gasteiger partial charge in [0, 0.05) is 30.1 Å². The van der Waals surface area contributed by atoms with Gasteiger partial charge in [0.1, 0.15) is 17.0 Å². The largest absolute Gasteiger partial charge is 0.348 e. The molecular weight excluding hydrogens is 256 g/mol. The maximum atomic E-state index is 4.59. The van der Waals surface area contributed by atoms with Crippen molar-refractivity contribution in [2.75, 3.05) is 24.5 Å². The van der Waals surface area contributed by atoms with Gasteiger partial charge in [-0.05, 0) is 33.3 Å². The van der Waals surface area contributed by atoms with Crippen LogP contribution in [0.1, 0.15) is 24.3 Å². The zero-order valence-corrected chi connectivity index (χ0v) is 12.8. The SMILES string of the molecule is Cc1sc2ncnc(N3CCNCC3(C)C)c2c1C. The van der Waals surface area contributed by atoms with Crippen LogP contribution in [0.2, 0.25) is 0 Å². The van der Waals surface area contributed by atoms with E-state index < -0.39 is 0 Å². The summed E-state index contributed by atoms with van der Waals surface area (Å²) in [4.78, 5) is 13.9. The van der Waals surface area contributed by atoms with Crippen molar-refractivity contribution in [1.82, 2.24) is 15.3 Å². The quantitative estimate of drug-likeness (QED) is 0.869. The fourth-order valence-corrected chi connectivity index (χ4v) is 3.74. The van der Waals surface area contributed by atoms with Crippen LogP contribution >= 0.6 is 11.3 Å². The molecule has 5 heteroatoms. The summed E-state index contributed by atoms with van der Waals surface area (Å²) >= 11 is 1.76. The van der Waals surface area contributed by atoms with E-state index in [0.717, 1.165) is 30.3 Å². The van der Waals surface area contributed by atoms with Gasteiger partial charge in [0.2, 0.25) is 0 Å². The fourth-order valence-electron chi connectivity index (χ4n) is 2.74. The van der Waals surface area contributed by atoms with Gasteiger partial charge in [-0.3, -0.25) is 0 Å². The number of fused-ring (bicyclic) bond motifs is 1. The van der Waals surface area contributed by atoms with E-state index in [1.165, 1.54) is 15.8 Å². The Morgan fingerprint density at radius 3 is 2.84 bits per heavy atom. The van der Waals surface area contributed by atoms with Gasteiger partial charge in [-0.25, -0.2) is 9.97 Å². The highest BCUT2D eigenvalue weighted by molar-refractivity contribution is 7.18. The number of hydrogen-bond acceptors (Lipinski definition) is 5. The molecule has 1 aliphatic rings. The Labute approximate surface area is 117 Å². The monoisotopic (exact) mass is 276 g/mol. The van der Waals surface area contributed by atoms with E-state index in [1.807, 2.05) is 0 Å². The van der Waals surface area contributed by atoms with E-state index in [1.54, 1.807) is 17.7 Å². The van der Waals surface area contributed by atoms with Crippen LogP contribution in [-0.2, 0) is 0 Å². The maximum absolute atomic E-state index is 4.59. The molecule has 2 aromatic heterocycles. The van der Waals surface area contributed by atoms with Gasteiger partial charge in [0.15, 0.2) is 0 Å². The summed E-state index contributed by atoms with van der Waals surface area (Å²) in [6, 6.07) is 0. The Balaban J connectivity index is 2.19. The molecule has 0 atom stereocenters. The first-order chi connectivity index (χ1) is 9.00. The standard InChI is InChI=1S/C14H20N4S/c1-9-10(2)19-13-11(9)12(16-8-17-13)18-6-5-15-7-14(18,3)4/h8,15H,5-7H2,1-4H3. The summed E-state index contributed by atoms with van der Waals surface area (Å²) in [5.41, 5.74) is 1.41. The Morgan fingerprint density at radius 2 is 2.11 bits per heavy atom. The number of aryl methyl sites for hydroxylation is 2. The van der Waals surface area contributed by atoms with E-state index in [0.29, 0.717) is 0 Å². The number of nitrogens with zero attached hydrogens (tertiary/aromatic N) is 3. The second kappa shape index (κ2) is 4.42. The normalized spacial score (nSPS) is 19.1. The molecule has 0 radical (unpaired) electrons. The Hall–Kier alpha value is -1.20. The molecule has 0 unspecified atom stereocenters. The Morgan fingerprint density at radius 1 is 1.32 bits per heavy atom. The molecule has 0 bridgehead atoms. The maximum Gasteiger partial charge on any atom is 0.141 e. The molecule has 0 aliphatic carbocycles. The van der Waals surface area contributed by atoms with Gasteiger partial charge >= 0.3 is 0 Å². The summed E-state index contributed by atoms with van der Waals surface area (Å²) in [6.07, 6.45) is 1.70. The van der Waals surface area contributed by atoms with Crippen LogP contribution in [0.3, 0.4) is 0 Å². The van der Waals surface area contributed by atoms with Crippen molar-refractivity contribution in [1.29, 1.82) is 0 Å². The van der Waals surface area contributed by atoms with Crippen molar-refractivity contribution in [3.63, 3.8) is 0 Å². The van der Waals surface area contributed by atoms with Crippen LogP contribution in [0.25, 0.3) is 10.2 Å². The predicted molar refractivity (Wildman–Crippen MR) is 81.2 cm³/mol. The van der Waals surface area contributed by atoms with E-state index >= 15 is 0 Å². The van der Waals surface area contributed by atoms with E-state index in [4.69, 9.17) is 0 Å². The highest BCUT2D eigenvalue weighted by atomic mass is 32.1.